The molecule has 1 aromatic carbocycles. The van der Waals surface area contributed by atoms with E-state index in [-0.39, 0.29) is 71.5 Å². The minimum Gasteiger partial charge on any atom is -0.445 e. The van der Waals surface area contributed by atoms with E-state index in [1.54, 1.807) is 4.90 Å². The molecule has 2 aromatic heterocycles. The fourth-order valence-electron chi connectivity index (χ4n) is 6.16. The lowest BCUT2D eigenvalue weighted by Crippen LogP contribution is -2.36. The van der Waals surface area contributed by atoms with E-state index < -0.39 is 32.5 Å². The first-order valence-electron chi connectivity index (χ1n) is 16.3. The van der Waals surface area contributed by atoms with Crippen molar-refractivity contribution in [3.63, 3.8) is 0 Å². The summed E-state index contributed by atoms with van der Waals surface area (Å²) < 4.78 is 90.6. The minimum atomic E-state index is -4.79. The van der Waals surface area contributed by atoms with Crippen molar-refractivity contribution >= 4 is 38.0 Å². The lowest BCUT2D eigenvalue weighted by atomic mass is 10.2. The average Bonchev–Trinajstić information content (AvgIpc) is 3.91. The SMILES string of the molecule is NS(=O)(=O)c1ccc(C(=O)N2CC3=C(CN(C(=O)OCc4ccc(OC(F)(F)F)cc4)C3)C2)nc1.NS(=O)(=O)c1ccc(C(=O)N2CC3=C(CNC3)C2)nc1. The van der Waals surface area contributed by atoms with Crippen molar-refractivity contribution in [2.45, 2.75) is 22.8 Å². The van der Waals surface area contributed by atoms with Gasteiger partial charge in [0.1, 0.15) is 33.5 Å². The Morgan fingerprint density at radius 3 is 1.51 bits per heavy atom. The van der Waals surface area contributed by atoms with Crippen LogP contribution >= 0.6 is 0 Å². The van der Waals surface area contributed by atoms with Gasteiger partial charge in [-0.3, -0.25) is 9.59 Å². The van der Waals surface area contributed by atoms with Gasteiger partial charge in [-0.1, -0.05) is 12.1 Å². The van der Waals surface area contributed by atoms with Gasteiger partial charge in [0.05, 0.1) is 0 Å². The van der Waals surface area contributed by atoms with Crippen molar-refractivity contribution in [1.29, 1.82) is 0 Å². The highest BCUT2D eigenvalue weighted by Gasteiger charge is 2.36. The number of carbonyl (C=O) groups excluding carboxylic acids is 3. The van der Waals surface area contributed by atoms with Crippen LogP contribution < -0.4 is 20.3 Å². The standard InChI is InChI=1S/C21H19F3N4O6S.C12H14N4O3S/c22-21(23,24)34-16-3-1-13(2-4-16)12-33-20(30)28-10-14-8-27(9-15(14)11-28)19(29)18-6-5-17(7-26-18)35(25,31)32;13-20(18,19)10-1-2-11(15-5-10)12(17)16-6-8-3-14-4-9(8)7-16/h1-7H,8-12H2,(H2,25,31,32);1-2,5,14H,3-4,6-7H2,(H2,13,18,19). The van der Waals surface area contributed by atoms with E-state index in [1.165, 1.54) is 57.3 Å². The Morgan fingerprint density at radius 2 is 1.11 bits per heavy atom. The number of amides is 3. The number of halogens is 3. The molecule has 3 amide bonds. The molecule has 5 N–H and O–H groups in total. The molecule has 4 aliphatic heterocycles. The van der Waals surface area contributed by atoms with E-state index in [2.05, 4.69) is 20.0 Å². The second kappa shape index (κ2) is 15.4. The number of primary sulfonamides is 2. The summed E-state index contributed by atoms with van der Waals surface area (Å²) in [6.07, 6.45) is -3.24. The summed E-state index contributed by atoms with van der Waals surface area (Å²) in [5.41, 5.74) is 5.10. The van der Waals surface area contributed by atoms with Crippen molar-refractivity contribution in [2.75, 3.05) is 52.4 Å². The van der Waals surface area contributed by atoms with Gasteiger partial charge in [-0.15, -0.1) is 13.2 Å². The number of pyridine rings is 2. The van der Waals surface area contributed by atoms with Gasteiger partial charge in [-0.05, 0) is 64.3 Å². The molecule has 0 saturated heterocycles. The van der Waals surface area contributed by atoms with Crippen molar-refractivity contribution in [1.82, 2.24) is 30.0 Å². The predicted octanol–water partition coefficient (Wildman–Crippen LogP) is 1.12. The number of sulfonamides is 2. The van der Waals surface area contributed by atoms with Crippen molar-refractivity contribution in [2.24, 2.45) is 10.3 Å². The first kappa shape index (κ1) is 39.3. The number of rotatable bonds is 7. The number of benzene rings is 1. The monoisotopic (exact) mass is 806 g/mol. The van der Waals surface area contributed by atoms with Crippen molar-refractivity contribution in [3.8, 4) is 5.75 Å². The first-order chi connectivity index (χ1) is 25.8. The van der Waals surface area contributed by atoms with Crippen molar-refractivity contribution in [3.05, 3.63) is 100 Å². The summed E-state index contributed by atoms with van der Waals surface area (Å²) in [7, 11) is -7.69. The second-order valence-corrected chi connectivity index (χ2v) is 15.9. The van der Waals surface area contributed by atoms with Gasteiger partial charge < -0.3 is 29.5 Å². The molecule has 0 spiro atoms. The van der Waals surface area contributed by atoms with Gasteiger partial charge >= 0.3 is 12.5 Å². The highest BCUT2D eigenvalue weighted by Crippen LogP contribution is 2.28. The molecule has 3 aromatic rings. The summed E-state index contributed by atoms with van der Waals surface area (Å²) in [6, 6.07) is 10.2. The largest absolute Gasteiger partial charge is 0.573 e. The summed E-state index contributed by atoms with van der Waals surface area (Å²) in [5, 5.41) is 13.3. The molecule has 0 fully saturated rings. The van der Waals surface area contributed by atoms with Crippen LogP contribution in [0.3, 0.4) is 0 Å². The van der Waals surface area contributed by atoms with Gasteiger partial charge in [0, 0.05) is 64.8 Å². The fraction of sp³-hybridized carbons (Fsp3) is 0.303. The number of hydrogen-bond acceptors (Lipinski definition) is 12. The summed E-state index contributed by atoms with van der Waals surface area (Å²) in [5.74, 6) is -0.949. The van der Waals surface area contributed by atoms with Crippen LogP contribution in [-0.4, -0.2) is 118 Å². The molecule has 0 bridgehead atoms. The number of ether oxygens (including phenoxy) is 2. The molecule has 22 heteroatoms. The number of alkyl halides is 3. The van der Waals surface area contributed by atoms with Gasteiger partial charge in [0.2, 0.25) is 20.0 Å². The van der Waals surface area contributed by atoms with E-state index in [0.29, 0.717) is 18.7 Å². The molecule has 0 unspecified atom stereocenters. The van der Waals surface area contributed by atoms with Crippen LogP contribution in [0.2, 0.25) is 0 Å². The molecule has 55 heavy (non-hydrogen) atoms. The van der Waals surface area contributed by atoms with Crippen LogP contribution in [0.5, 0.6) is 5.75 Å². The Balaban J connectivity index is 0.000000217. The first-order valence-corrected chi connectivity index (χ1v) is 19.4. The quantitative estimate of drug-likeness (QED) is 0.285. The van der Waals surface area contributed by atoms with E-state index in [0.717, 1.165) is 48.8 Å². The van der Waals surface area contributed by atoms with E-state index in [9.17, 15) is 44.4 Å². The highest BCUT2D eigenvalue weighted by atomic mass is 32.2. The summed E-state index contributed by atoms with van der Waals surface area (Å²) in [6.45, 7) is 3.88. The number of nitrogens with two attached hydrogens (primary N) is 2. The number of hydrogen-bond donors (Lipinski definition) is 3. The Bertz CT molecular complexity index is 2250. The van der Waals surface area contributed by atoms with Crippen LogP contribution in [0.4, 0.5) is 18.0 Å². The van der Waals surface area contributed by atoms with Gasteiger partial charge in [-0.25, -0.2) is 41.9 Å². The molecule has 7 rings (SSSR count). The lowest BCUT2D eigenvalue weighted by molar-refractivity contribution is -0.274. The molecular weight excluding hydrogens is 774 g/mol. The molecule has 292 valence electrons. The fourth-order valence-corrected chi connectivity index (χ4v) is 7.08. The second-order valence-electron chi connectivity index (χ2n) is 12.8. The summed E-state index contributed by atoms with van der Waals surface area (Å²) in [4.78, 5) is 49.6. The van der Waals surface area contributed by atoms with Gasteiger partial charge in [0.25, 0.3) is 11.8 Å². The Kier molecular flexibility index (Phi) is 11.0. The molecule has 17 nitrogen and oxygen atoms in total. The molecule has 6 heterocycles. The van der Waals surface area contributed by atoms with Gasteiger partial charge in [0.15, 0.2) is 0 Å². The van der Waals surface area contributed by atoms with Crippen LogP contribution in [0.25, 0.3) is 0 Å². The summed E-state index contributed by atoms with van der Waals surface area (Å²) >= 11 is 0. The van der Waals surface area contributed by atoms with Gasteiger partial charge in [-0.2, -0.15) is 0 Å². The maximum absolute atomic E-state index is 12.7. The third-order valence-corrected chi connectivity index (χ3v) is 10.7. The zero-order valence-corrected chi connectivity index (χ0v) is 30.3. The molecule has 0 saturated carbocycles. The number of nitrogens with one attached hydrogen (secondary N) is 1. The number of nitrogens with zero attached hydrogens (tertiary/aromatic N) is 5. The molecular formula is C33H33F3N8O9S2. The smallest absolute Gasteiger partial charge is 0.445 e. The minimum absolute atomic E-state index is 0.0708. The average molecular weight is 807 g/mol. The Morgan fingerprint density at radius 1 is 0.673 bits per heavy atom. The van der Waals surface area contributed by atoms with Crippen LogP contribution in [-0.2, 0) is 31.4 Å². The van der Waals surface area contributed by atoms with E-state index in [1.807, 2.05) is 0 Å². The maximum Gasteiger partial charge on any atom is 0.573 e. The number of aromatic nitrogens is 2. The molecule has 0 atom stereocenters. The molecule has 4 aliphatic rings. The third kappa shape index (κ3) is 9.64. The topological polar surface area (TPSA) is 238 Å². The molecule has 0 radical (unpaired) electrons. The maximum atomic E-state index is 12.7. The highest BCUT2D eigenvalue weighted by molar-refractivity contribution is 7.89. The number of carbonyl (C=O) groups is 3. The third-order valence-electron chi connectivity index (χ3n) is 8.89. The Hall–Kier alpha value is -5.42. The van der Waals surface area contributed by atoms with E-state index in [4.69, 9.17) is 15.0 Å². The van der Waals surface area contributed by atoms with Crippen LogP contribution in [0, 0.1) is 0 Å². The predicted molar refractivity (Wildman–Crippen MR) is 185 cm³/mol. The van der Waals surface area contributed by atoms with E-state index >= 15 is 0 Å². The van der Waals surface area contributed by atoms with Crippen LogP contribution in [0.15, 0.2) is 93.0 Å². The zero-order valence-electron chi connectivity index (χ0n) is 28.7. The lowest BCUT2D eigenvalue weighted by Gasteiger charge is -2.22. The van der Waals surface area contributed by atoms with Crippen molar-refractivity contribution < 1.29 is 53.9 Å². The zero-order chi connectivity index (χ0) is 39.7. The normalized spacial score (nSPS) is 16.9. The Labute approximate surface area is 312 Å². The van der Waals surface area contributed by atoms with Crippen LogP contribution in [0.1, 0.15) is 26.5 Å². The molecule has 0 aliphatic carbocycles.